The molecule has 0 radical (unpaired) electrons. The summed E-state index contributed by atoms with van der Waals surface area (Å²) in [6.45, 7) is 3.88. The first kappa shape index (κ1) is 18.1. The highest BCUT2D eigenvalue weighted by molar-refractivity contribution is 9.10. The maximum atomic E-state index is 13.4. The molecule has 1 saturated heterocycles. The summed E-state index contributed by atoms with van der Waals surface area (Å²) in [6.07, 6.45) is 3.92. The molecule has 3 rings (SSSR count). The highest BCUT2D eigenvalue weighted by Gasteiger charge is 2.16. The van der Waals surface area contributed by atoms with Crippen molar-refractivity contribution < 1.29 is 14.1 Å². The Hall–Kier alpha value is -1.72. The molecule has 25 heavy (non-hydrogen) atoms. The minimum absolute atomic E-state index is 0.272. The van der Waals surface area contributed by atoms with E-state index in [1.165, 1.54) is 50.0 Å². The van der Waals surface area contributed by atoms with E-state index in [1.54, 1.807) is 11.0 Å². The number of benzene rings is 2. The van der Waals surface area contributed by atoms with Gasteiger partial charge in [-0.2, -0.15) is 0 Å². The van der Waals surface area contributed by atoms with Crippen LogP contribution in [0.15, 0.2) is 46.9 Å². The Kier molecular flexibility index (Phi) is 6.21. The standard InChI is InChI=1S/C20H22BrFN2O/c21-19-9-8-17(22)12-18(19)20(25)23-13-15-6-2-3-7-16(15)14-24-10-4-1-5-11-24/h2-3,6-9,12H,1,4-5,10-11,13-14H2,(H,23,25)/p+1. The van der Waals surface area contributed by atoms with Crippen LogP contribution in [0.2, 0.25) is 0 Å². The molecule has 132 valence electrons. The van der Waals surface area contributed by atoms with E-state index in [9.17, 15) is 9.18 Å². The van der Waals surface area contributed by atoms with Crippen molar-refractivity contribution in [2.75, 3.05) is 13.1 Å². The number of carbonyl (C=O) groups is 1. The molecule has 0 bridgehead atoms. The first-order valence-corrected chi connectivity index (χ1v) is 9.56. The second kappa shape index (κ2) is 8.59. The Bertz CT molecular complexity index is 744. The van der Waals surface area contributed by atoms with Gasteiger partial charge in [-0.1, -0.05) is 24.3 Å². The Balaban J connectivity index is 1.66. The lowest BCUT2D eigenvalue weighted by Gasteiger charge is -2.24. The fraction of sp³-hybridized carbons (Fsp3) is 0.350. The second-order valence-corrected chi connectivity index (χ2v) is 7.42. The van der Waals surface area contributed by atoms with E-state index >= 15 is 0 Å². The van der Waals surface area contributed by atoms with Crippen LogP contribution in [-0.4, -0.2) is 19.0 Å². The predicted molar refractivity (Wildman–Crippen MR) is 100.0 cm³/mol. The number of rotatable bonds is 5. The quantitative estimate of drug-likeness (QED) is 0.787. The van der Waals surface area contributed by atoms with Crippen LogP contribution in [0.3, 0.4) is 0 Å². The molecule has 0 spiro atoms. The van der Waals surface area contributed by atoms with Crippen molar-refractivity contribution in [1.29, 1.82) is 0 Å². The van der Waals surface area contributed by atoms with E-state index in [1.807, 2.05) is 12.1 Å². The highest BCUT2D eigenvalue weighted by Crippen LogP contribution is 2.18. The number of likely N-dealkylation sites (tertiary alicyclic amines) is 1. The lowest BCUT2D eigenvalue weighted by atomic mass is 10.0. The second-order valence-electron chi connectivity index (χ2n) is 6.56. The number of nitrogens with one attached hydrogen (secondary N) is 2. The van der Waals surface area contributed by atoms with Gasteiger partial charge in [0.25, 0.3) is 5.91 Å². The molecule has 1 fully saturated rings. The van der Waals surface area contributed by atoms with Crippen molar-refractivity contribution in [3.05, 3.63) is 69.4 Å². The Morgan fingerprint density at radius 3 is 2.56 bits per heavy atom. The van der Waals surface area contributed by atoms with Gasteiger partial charge in [0.2, 0.25) is 0 Å². The largest absolute Gasteiger partial charge is 0.348 e. The summed E-state index contributed by atoms with van der Waals surface area (Å²) in [6, 6.07) is 12.4. The molecule has 1 heterocycles. The summed E-state index contributed by atoms with van der Waals surface area (Å²) in [7, 11) is 0. The van der Waals surface area contributed by atoms with Crippen molar-refractivity contribution in [2.45, 2.75) is 32.4 Å². The predicted octanol–water partition coefficient (Wildman–Crippen LogP) is 3.09. The third-order valence-corrected chi connectivity index (χ3v) is 5.42. The van der Waals surface area contributed by atoms with Crippen LogP contribution < -0.4 is 10.2 Å². The number of hydrogen-bond acceptors (Lipinski definition) is 1. The molecule has 1 aliphatic heterocycles. The van der Waals surface area contributed by atoms with Gasteiger partial charge in [0.1, 0.15) is 12.4 Å². The lowest BCUT2D eigenvalue weighted by molar-refractivity contribution is -0.918. The third kappa shape index (κ3) is 4.89. The van der Waals surface area contributed by atoms with Gasteiger partial charge < -0.3 is 10.2 Å². The molecule has 0 saturated carbocycles. The summed E-state index contributed by atoms with van der Waals surface area (Å²) < 4.78 is 14.0. The molecule has 1 amide bonds. The summed E-state index contributed by atoms with van der Waals surface area (Å²) in [4.78, 5) is 14.0. The zero-order chi connectivity index (χ0) is 17.6. The fourth-order valence-corrected chi connectivity index (χ4v) is 3.77. The van der Waals surface area contributed by atoms with E-state index in [-0.39, 0.29) is 5.91 Å². The SMILES string of the molecule is O=C(NCc1ccccc1C[NH+]1CCCCC1)c1cc(F)ccc1Br. The Morgan fingerprint density at radius 1 is 1.08 bits per heavy atom. The minimum atomic E-state index is -0.414. The van der Waals surface area contributed by atoms with Gasteiger partial charge in [-0.25, -0.2) is 4.39 Å². The van der Waals surface area contributed by atoms with Gasteiger partial charge in [0, 0.05) is 16.6 Å². The van der Waals surface area contributed by atoms with Gasteiger partial charge >= 0.3 is 0 Å². The number of hydrogen-bond donors (Lipinski definition) is 2. The Morgan fingerprint density at radius 2 is 1.80 bits per heavy atom. The highest BCUT2D eigenvalue weighted by atomic mass is 79.9. The molecular weight excluding hydrogens is 383 g/mol. The van der Waals surface area contributed by atoms with Crippen LogP contribution in [-0.2, 0) is 13.1 Å². The molecule has 3 nitrogen and oxygen atoms in total. The van der Waals surface area contributed by atoms with E-state index < -0.39 is 5.82 Å². The van der Waals surface area contributed by atoms with Crippen LogP contribution >= 0.6 is 15.9 Å². The van der Waals surface area contributed by atoms with Crippen molar-refractivity contribution in [3.63, 3.8) is 0 Å². The topological polar surface area (TPSA) is 33.5 Å². The van der Waals surface area contributed by atoms with E-state index in [2.05, 4.69) is 33.4 Å². The zero-order valence-corrected chi connectivity index (χ0v) is 15.7. The molecule has 1 aliphatic rings. The maximum absolute atomic E-state index is 13.4. The monoisotopic (exact) mass is 405 g/mol. The van der Waals surface area contributed by atoms with Crippen molar-refractivity contribution >= 4 is 21.8 Å². The number of quaternary nitrogens is 1. The van der Waals surface area contributed by atoms with Crippen LogP contribution in [0.5, 0.6) is 0 Å². The zero-order valence-electron chi connectivity index (χ0n) is 14.2. The normalized spacial score (nSPS) is 15.1. The summed E-state index contributed by atoms with van der Waals surface area (Å²) in [5, 5.41) is 2.92. The van der Waals surface area contributed by atoms with Crippen LogP contribution in [0.4, 0.5) is 4.39 Å². The Labute approximate surface area is 156 Å². The number of amides is 1. The van der Waals surface area contributed by atoms with Gasteiger partial charge in [0.15, 0.2) is 0 Å². The van der Waals surface area contributed by atoms with Gasteiger partial charge in [-0.15, -0.1) is 0 Å². The molecule has 2 aromatic rings. The molecule has 0 aliphatic carbocycles. The van der Waals surface area contributed by atoms with E-state index in [4.69, 9.17) is 0 Å². The minimum Gasteiger partial charge on any atom is -0.348 e. The fourth-order valence-electron chi connectivity index (χ4n) is 3.34. The van der Waals surface area contributed by atoms with Gasteiger partial charge in [0.05, 0.1) is 18.7 Å². The van der Waals surface area contributed by atoms with Gasteiger partial charge in [-0.05, 0) is 59.0 Å². The van der Waals surface area contributed by atoms with Gasteiger partial charge in [-0.3, -0.25) is 4.79 Å². The number of carbonyl (C=O) groups excluding carboxylic acids is 1. The summed E-state index contributed by atoms with van der Waals surface area (Å²) in [5.41, 5.74) is 2.72. The van der Waals surface area contributed by atoms with E-state index in [0.29, 0.717) is 16.6 Å². The van der Waals surface area contributed by atoms with Crippen LogP contribution in [0, 0.1) is 5.82 Å². The average Bonchev–Trinajstić information content (AvgIpc) is 2.63. The molecule has 5 heteroatoms. The average molecular weight is 406 g/mol. The lowest BCUT2D eigenvalue weighted by Crippen LogP contribution is -3.11. The molecule has 0 atom stereocenters. The first-order valence-electron chi connectivity index (χ1n) is 8.77. The summed E-state index contributed by atoms with van der Waals surface area (Å²) in [5.74, 6) is -0.686. The third-order valence-electron chi connectivity index (χ3n) is 4.73. The van der Waals surface area contributed by atoms with Crippen LogP contribution in [0.25, 0.3) is 0 Å². The first-order chi connectivity index (χ1) is 12.1. The van der Waals surface area contributed by atoms with E-state index in [0.717, 1.165) is 12.1 Å². The maximum Gasteiger partial charge on any atom is 0.252 e. The number of halogens is 2. The summed E-state index contributed by atoms with van der Waals surface area (Å²) >= 11 is 3.31. The van der Waals surface area contributed by atoms with Crippen molar-refractivity contribution in [1.82, 2.24) is 5.32 Å². The molecule has 0 aromatic heterocycles. The van der Waals surface area contributed by atoms with Crippen LogP contribution in [0.1, 0.15) is 40.7 Å². The van der Waals surface area contributed by atoms with Crippen molar-refractivity contribution in [3.8, 4) is 0 Å². The van der Waals surface area contributed by atoms with Crippen molar-refractivity contribution in [2.24, 2.45) is 0 Å². The smallest absolute Gasteiger partial charge is 0.252 e. The molecule has 2 aromatic carbocycles. The molecule has 2 N–H and O–H groups in total. The molecular formula is C20H23BrFN2O+. The number of piperidine rings is 1. The molecule has 0 unspecified atom stereocenters.